The molecule has 0 spiro atoms. The summed E-state index contributed by atoms with van der Waals surface area (Å²) in [5.74, 6) is 1.93. The molecule has 3 aliphatic rings. The number of fused-ring (bicyclic) bond motifs is 3. The van der Waals surface area contributed by atoms with E-state index in [-0.39, 0.29) is 0 Å². The fourth-order valence-corrected chi connectivity index (χ4v) is 22.2. The van der Waals surface area contributed by atoms with Crippen LogP contribution in [-0.2, 0) is 0 Å². The first-order chi connectivity index (χ1) is 29.3. The monoisotopic (exact) mass is 815 g/mol. The van der Waals surface area contributed by atoms with Gasteiger partial charge in [0.1, 0.15) is 0 Å². The van der Waals surface area contributed by atoms with Crippen LogP contribution in [0.15, 0.2) is 212 Å². The molecule has 0 saturated heterocycles. The normalized spacial score (nSPS) is 14.0. The van der Waals surface area contributed by atoms with E-state index in [4.69, 9.17) is 4.74 Å². The van der Waals surface area contributed by atoms with E-state index in [1.165, 1.54) is 73.3 Å². The van der Waals surface area contributed by atoms with Crippen molar-refractivity contribution >= 4 is 86.8 Å². The summed E-state index contributed by atoms with van der Waals surface area (Å²) in [4.78, 5) is 5.02. The van der Waals surface area contributed by atoms with Crippen LogP contribution in [0, 0.1) is 0 Å². The van der Waals surface area contributed by atoms with E-state index in [9.17, 15) is 0 Å². The van der Waals surface area contributed by atoms with Crippen molar-refractivity contribution in [3.8, 4) is 28.3 Å². The molecular formula is C54H35GeN3O. The molecule has 0 aliphatic carbocycles. The quantitative estimate of drug-likeness (QED) is 0.162. The molecule has 0 atom stereocenters. The van der Waals surface area contributed by atoms with Gasteiger partial charge in [-0.3, -0.25) is 0 Å². The van der Waals surface area contributed by atoms with Crippen molar-refractivity contribution < 1.29 is 4.74 Å². The summed E-state index contributed by atoms with van der Waals surface area (Å²) in [6.07, 6.45) is 0. The standard InChI is InChI=1S/C54H35GeN3O/c1-5-17-38(18-6-1)55-52-48-34-37(36-31-32-43-42-25-13-14-26-44(42)56(47(43)33-36)39-19-7-2-8-20-39)35-49(52)58(41-23-11-4-12-24-41)46-28-16-30-51(54(46)55)59-50-29-15-27-45(53(50)55)57(48)40-21-9-3-10-22-40/h1-35H. The topological polar surface area (TPSA) is 20.6 Å². The van der Waals surface area contributed by atoms with Gasteiger partial charge in [0.25, 0.3) is 0 Å². The van der Waals surface area contributed by atoms with Gasteiger partial charge in [0.2, 0.25) is 0 Å². The zero-order valence-corrected chi connectivity index (χ0v) is 34.1. The molecule has 0 radical (unpaired) electrons. The number of hydrogen-bond acceptors (Lipinski definition) is 3. The summed E-state index contributed by atoms with van der Waals surface area (Å²) >= 11 is -3.86. The number of aromatic nitrogens is 1. The van der Waals surface area contributed by atoms with Gasteiger partial charge in [-0.15, -0.1) is 0 Å². The molecule has 13 rings (SSSR count). The molecule has 10 aromatic rings. The third-order valence-electron chi connectivity index (χ3n) is 12.7. The Hall–Kier alpha value is -7.28. The second-order valence-electron chi connectivity index (χ2n) is 15.7. The fraction of sp³-hybridized carbons (Fsp3) is 0. The van der Waals surface area contributed by atoms with Crippen molar-refractivity contribution in [2.75, 3.05) is 9.80 Å². The van der Waals surface area contributed by atoms with Crippen molar-refractivity contribution in [1.29, 1.82) is 0 Å². The van der Waals surface area contributed by atoms with Crippen molar-refractivity contribution in [2.45, 2.75) is 0 Å². The summed E-state index contributed by atoms with van der Waals surface area (Å²) < 4.78 is 15.0. The van der Waals surface area contributed by atoms with Crippen LogP contribution < -0.4 is 32.1 Å². The SMILES string of the molecule is c1ccc(N2c3cccc4[c]3[Ge]3([c]5ccccc5)[c]5c(cccc5N(c5ccccc5)c5cc(-c6ccc7c8ccccc8n(-c8ccccc8)c7c6)cc2[c]53)O4)cc1. The number of rotatable bonds is 5. The molecule has 59 heavy (non-hydrogen) atoms. The Labute approximate surface area is 344 Å². The first-order valence-electron chi connectivity index (χ1n) is 20.3. The Morgan fingerprint density at radius 3 is 1.44 bits per heavy atom. The zero-order chi connectivity index (χ0) is 38.7. The summed E-state index contributed by atoms with van der Waals surface area (Å²) in [6, 6.07) is 78.1. The number of benzene rings is 9. The maximum atomic E-state index is 7.06. The van der Waals surface area contributed by atoms with Crippen LogP contribution in [0.5, 0.6) is 11.5 Å². The first kappa shape index (κ1) is 32.8. The van der Waals surface area contributed by atoms with E-state index in [0.29, 0.717) is 0 Å². The fourth-order valence-electron chi connectivity index (χ4n) is 10.4. The van der Waals surface area contributed by atoms with Crippen molar-refractivity contribution in [3.05, 3.63) is 212 Å². The third kappa shape index (κ3) is 4.44. The Morgan fingerprint density at radius 1 is 0.339 bits per heavy atom. The molecule has 4 heterocycles. The Kier molecular flexibility index (Phi) is 6.87. The van der Waals surface area contributed by atoms with Gasteiger partial charge in [0.15, 0.2) is 0 Å². The van der Waals surface area contributed by atoms with Crippen molar-refractivity contribution in [1.82, 2.24) is 4.57 Å². The van der Waals surface area contributed by atoms with E-state index in [1.54, 1.807) is 0 Å². The summed E-state index contributed by atoms with van der Waals surface area (Å²) in [7, 11) is 0. The van der Waals surface area contributed by atoms with Gasteiger partial charge >= 0.3 is 347 Å². The minimum absolute atomic E-state index is 0.963. The number of para-hydroxylation sites is 4. The summed E-state index contributed by atoms with van der Waals surface area (Å²) in [5, 5.41) is 2.49. The molecule has 0 amide bonds. The van der Waals surface area contributed by atoms with E-state index in [2.05, 4.69) is 227 Å². The third-order valence-corrected chi connectivity index (χ3v) is 23.1. The van der Waals surface area contributed by atoms with Gasteiger partial charge in [-0.2, -0.15) is 0 Å². The summed E-state index contributed by atoms with van der Waals surface area (Å²) in [6.45, 7) is 0. The van der Waals surface area contributed by atoms with Gasteiger partial charge in [0.05, 0.1) is 0 Å². The van der Waals surface area contributed by atoms with Crippen molar-refractivity contribution in [3.63, 3.8) is 0 Å². The zero-order valence-electron chi connectivity index (χ0n) is 32.0. The minimum atomic E-state index is -3.86. The average molecular weight is 815 g/mol. The molecule has 0 bridgehead atoms. The van der Waals surface area contributed by atoms with Gasteiger partial charge in [-0.25, -0.2) is 0 Å². The van der Waals surface area contributed by atoms with E-state index >= 15 is 0 Å². The Morgan fingerprint density at radius 2 is 0.847 bits per heavy atom. The second-order valence-corrected chi connectivity index (χ2v) is 23.2. The number of anilines is 6. The molecule has 0 N–H and O–H groups in total. The maximum absolute atomic E-state index is 7.06. The molecule has 3 aliphatic heterocycles. The van der Waals surface area contributed by atoms with Crippen molar-refractivity contribution in [2.24, 2.45) is 0 Å². The molecule has 1 aromatic heterocycles. The average Bonchev–Trinajstić information content (AvgIpc) is 3.64. The van der Waals surface area contributed by atoms with E-state index < -0.39 is 13.3 Å². The predicted octanol–water partition coefficient (Wildman–Crippen LogP) is 11.5. The van der Waals surface area contributed by atoms with E-state index in [0.717, 1.165) is 28.6 Å². The van der Waals surface area contributed by atoms with Crippen LogP contribution in [0.2, 0.25) is 0 Å². The van der Waals surface area contributed by atoms with E-state index in [1.807, 2.05) is 0 Å². The van der Waals surface area contributed by atoms with Gasteiger partial charge in [-0.05, 0) is 0 Å². The van der Waals surface area contributed by atoms with Crippen LogP contribution in [0.4, 0.5) is 34.1 Å². The second kappa shape index (κ2) is 12.4. The molecule has 0 fully saturated rings. The summed E-state index contributed by atoms with van der Waals surface area (Å²) in [5.41, 5.74) is 13.0. The predicted molar refractivity (Wildman–Crippen MR) is 246 cm³/mol. The van der Waals surface area contributed by atoms with Crippen LogP contribution in [-0.4, -0.2) is 17.8 Å². The molecule has 4 nitrogen and oxygen atoms in total. The number of hydrogen-bond donors (Lipinski definition) is 0. The van der Waals surface area contributed by atoms with Gasteiger partial charge in [0, 0.05) is 0 Å². The van der Waals surface area contributed by atoms with Crippen LogP contribution >= 0.6 is 0 Å². The Balaban J connectivity index is 1.19. The van der Waals surface area contributed by atoms with Crippen LogP contribution in [0.25, 0.3) is 38.6 Å². The molecule has 9 aromatic carbocycles. The molecular weight excluding hydrogens is 779 g/mol. The molecule has 0 unspecified atom stereocenters. The molecule has 0 saturated carbocycles. The molecule has 5 heteroatoms. The number of nitrogens with zero attached hydrogens (tertiary/aromatic N) is 3. The van der Waals surface area contributed by atoms with Crippen LogP contribution in [0.1, 0.15) is 0 Å². The Bertz CT molecular complexity index is 3190. The molecule has 276 valence electrons. The van der Waals surface area contributed by atoms with Gasteiger partial charge in [-0.1, -0.05) is 0 Å². The number of ether oxygens (including phenoxy) is 1. The first-order valence-corrected chi connectivity index (χ1v) is 24.5. The van der Waals surface area contributed by atoms with Gasteiger partial charge < -0.3 is 0 Å². The van der Waals surface area contributed by atoms with Crippen LogP contribution in [0.3, 0.4) is 0 Å².